The van der Waals surface area contributed by atoms with E-state index < -0.39 is 47.3 Å². The van der Waals surface area contributed by atoms with Gasteiger partial charge >= 0.3 is 0 Å². The lowest BCUT2D eigenvalue weighted by Crippen LogP contribution is -2.63. The highest BCUT2D eigenvalue weighted by atomic mass is 16.6. The van der Waals surface area contributed by atoms with Gasteiger partial charge in [-0.1, -0.05) is 52.2 Å². The van der Waals surface area contributed by atoms with Crippen LogP contribution in [0.5, 0.6) is 0 Å². The molecule has 0 unspecified atom stereocenters. The minimum atomic E-state index is -1.48. The summed E-state index contributed by atoms with van der Waals surface area (Å²) in [6, 6.07) is 2.50. The monoisotopic (exact) mass is 637 g/mol. The third-order valence-electron chi connectivity index (χ3n) is 9.30. The third-order valence-corrected chi connectivity index (χ3v) is 9.30. The Labute approximate surface area is 269 Å². The lowest BCUT2D eigenvalue weighted by molar-refractivity contribution is -0.147. The molecule has 3 heterocycles. The van der Waals surface area contributed by atoms with Crippen LogP contribution in [0.2, 0.25) is 0 Å². The maximum absolute atomic E-state index is 14.2. The number of carbonyl (C=O) groups is 5. The van der Waals surface area contributed by atoms with Crippen molar-refractivity contribution >= 4 is 40.3 Å². The molecular formula is C34H47N5O7. The number of hydrogen-bond donors (Lipinski definition) is 3. The van der Waals surface area contributed by atoms with Crippen LogP contribution in [0.3, 0.4) is 0 Å². The van der Waals surface area contributed by atoms with E-state index in [2.05, 4.69) is 16.0 Å². The number of carbonyl (C=O) groups excluding carboxylic acids is 5. The van der Waals surface area contributed by atoms with Crippen molar-refractivity contribution in [1.29, 1.82) is 0 Å². The quantitative estimate of drug-likeness (QED) is 0.320. The Balaban J connectivity index is 1.76. The Morgan fingerprint density at radius 3 is 2.43 bits per heavy atom. The van der Waals surface area contributed by atoms with Crippen LogP contribution in [0.15, 0.2) is 35.3 Å². The highest BCUT2D eigenvalue weighted by Gasteiger charge is 2.41. The first-order valence-electron chi connectivity index (χ1n) is 16.5. The van der Waals surface area contributed by atoms with Gasteiger partial charge in [0.2, 0.25) is 23.6 Å². The van der Waals surface area contributed by atoms with Gasteiger partial charge in [-0.25, -0.2) is 0 Å². The summed E-state index contributed by atoms with van der Waals surface area (Å²) in [5, 5.41) is 8.77. The van der Waals surface area contributed by atoms with Gasteiger partial charge in [-0.2, -0.15) is 4.73 Å². The summed E-state index contributed by atoms with van der Waals surface area (Å²) >= 11 is 0. The summed E-state index contributed by atoms with van der Waals surface area (Å²) in [5.41, 5.74) is -0.0351. The molecule has 0 saturated carbocycles. The first kappa shape index (κ1) is 34.6. The molecule has 4 amide bonds. The molecule has 250 valence electrons. The average molecular weight is 638 g/mol. The minimum Gasteiger partial charge on any atom is -0.417 e. The number of aromatic nitrogens is 1. The number of unbranched alkanes of at least 4 members (excludes halogenated alkanes) is 2. The van der Waals surface area contributed by atoms with E-state index in [4.69, 9.17) is 4.84 Å². The summed E-state index contributed by atoms with van der Waals surface area (Å²) in [6.45, 7) is 5.93. The molecule has 4 rings (SSSR count). The molecule has 2 saturated heterocycles. The molecule has 2 aliphatic heterocycles. The van der Waals surface area contributed by atoms with Crippen LogP contribution in [0.4, 0.5) is 0 Å². The predicted octanol–water partition coefficient (Wildman–Crippen LogP) is 2.56. The summed E-state index contributed by atoms with van der Waals surface area (Å²) in [5.74, 6) is -2.24. The van der Waals surface area contributed by atoms with Gasteiger partial charge < -0.3 is 25.7 Å². The van der Waals surface area contributed by atoms with Gasteiger partial charge in [0, 0.05) is 24.8 Å². The molecule has 3 N–H and O–H groups in total. The van der Waals surface area contributed by atoms with E-state index in [1.807, 2.05) is 20.8 Å². The Morgan fingerprint density at radius 1 is 0.957 bits per heavy atom. The number of amides is 4. The van der Waals surface area contributed by atoms with Crippen molar-refractivity contribution in [1.82, 2.24) is 25.6 Å². The smallest absolute Gasteiger partial charge is 0.248 e. The van der Waals surface area contributed by atoms with Gasteiger partial charge in [0.15, 0.2) is 5.43 Å². The van der Waals surface area contributed by atoms with Crippen LogP contribution >= 0.6 is 0 Å². The van der Waals surface area contributed by atoms with E-state index in [0.29, 0.717) is 63.4 Å². The fourth-order valence-electron chi connectivity index (χ4n) is 6.28. The molecular weight excluding hydrogens is 590 g/mol. The Kier molecular flexibility index (Phi) is 11.9. The number of para-hydroxylation sites is 1. The normalized spacial score (nSPS) is 23.3. The average Bonchev–Trinajstić information content (AvgIpc) is 3.07. The molecule has 5 atom stereocenters. The first-order chi connectivity index (χ1) is 22.1. The second-order valence-electron chi connectivity index (χ2n) is 12.3. The standard InChI is InChI=1S/C34H47N5O7/c1-5-21(3)28-34(45)38-19-13-12-18-27(38)32(43)35-25(16-9-7-8-14-22(40)6-2)31(42)37-29(33(44)36-28)24-20-39(46-4)26-17-11-10-15-23(26)30(24)41/h10-11,15,17,20-21,25,27-29H,5-9,12-14,16,18-19H2,1-4H3,(H,35,43)(H,36,44)(H,37,42)/t21-,25-,27+,28-,29-/m0/s1. The zero-order valence-electron chi connectivity index (χ0n) is 27.3. The molecule has 2 aliphatic rings. The SMILES string of the molecule is CCC(=O)CCCCC[C@@H]1NC(=O)[C@H]2CCCCN2C(=O)[C@H]([C@@H](C)CC)NC(=O)[C@H](c2cn(OC)c3ccccc3c2=O)NC1=O. The molecule has 46 heavy (non-hydrogen) atoms. The number of fused-ring (bicyclic) bond motifs is 2. The number of hydrogen-bond acceptors (Lipinski definition) is 7. The number of piperidine rings is 1. The molecule has 0 radical (unpaired) electrons. The van der Waals surface area contributed by atoms with Crippen molar-refractivity contribution < 1.29 is 28.8 Å². The summed E-state index contributed by atoms with van der Waals surface area (Å²) in [6.07, 6.45) is 6.90. The maximum atomic E-state index is 14.2. The molecule has 12 heteroatoms. The number of ketones is 1. The lowest BCUT2D eigenvalue weighted by atomic mass is 9.93. The zero-order chi connectivity index (χ0) is 33.4. The second kappa shape index (κ2) is 15.9. The van der Waals surface area contributed by atoms with Crippen LogP contribution in [0.25, 0.3) is 10.9 Å². The molecule has 2 aromatic rings. The molecule has 1 aromatic carbocycles. The Hall–Kier alpha value is -4.22. The molecule has 2 fully saturated rings. The van der Waals surface area contributed by atoms with E-state index in [9.17, 15) is 28.8 Å². The molecule has 0 aliphatic carbocycles. The molecule has 12 nitrogen and oxygen atoms in total. The van der Waals surface area contributed by atoms with Crippen LogP contribution in [-0.2, 0) is 24.0 Å². The van der Waals surface area contributed by atoms with Crippen molar-refractivity contribution in [3.8, 4) is 0 Å². The number of pyridine rings is 1. The Bertz CT molecular complexity index is 1500. The van der Waals surface area contributed by atoms with Gasteiger partial charge in [0.1, 0.15) is 37.1 Å². The van der Waals surface area contributed by atoms with Gasteiger partial charge in [0.05, 0.1) is 17.3 Å². The summed E-state index contributed by atoms with van der Waals surface area (Å²) in [4.78, 5) is 88.6. The van der Waals surface area contributed by atoms with E-state index in [0.717, 1.165) is 6.42 Å². The fraction of sp³-hybridized carbons (Fsp3) is 0.588. The van der Waals surface area contributed by atoms with E-state index in [-0.39, 0.29) is 35.0 Å². The van der Waals surface area contributed by atoms with Crippen molar-refractivity contribution in [3.63, 3.8) is 0 Å². The maximum Gasteiger partial charge on any atom is 0.248 e. The lowest BCUT2D eigenvalue weighted by Gasteiger charge is -2.39. The number of benzene rings is 1. The largest absolute Gasteiger partial charge is 0.417 e. The van der Waals surface area contributed by atoms with Crippen molar-refractivity contribution in [2.24, 2.45) is 5.92 Å². The highest BCUT2D eigenvalue weighted by molar-refractivity contribution is 5.98. The number of nitrogens with one attached hydrogen (secondary N) is 3. The minimum absolute atomic E-state index is 0.0437. The van der Waals surface area contributed by atoms with Crippen molar-refractivity contribution in [3.05, 3.63) is 46.2 Å². The van der Waals surface area contributed by atoms with Gasteiger partial charge in [-0.05, 0) is 50.2 Å². The van der Waals surface area contributed by atoms with Gasteiger partial charge in [-0.15, -0.1) is 0 Å². The van der Waals surface area contributed by atoms with Crippen LogP contribution in [-0.4, -0.2) is 70.8 Å². The van der Waals surface area contributed by atoms with Crippen LogP contribution in [0.1, 0.15) is 96.6 Å². The van der Waals surface area contributed by atoms with E-state index in [1.165, 1.54) is 22.9 Å². The van der Waals surface area contributed by atoms with E-state index in [1.54, 1.807) is 24.3 Å². The summed E-state index contributed by atoms with van der Waals surface area (Å²) < 4.78 is 1.36. The predicted molar refractivity (Wildman–Crippen MR) is 173 cm³/mol. The van der Waals surface area contributed by atoms with Crippen molar-refractivity contribution in [2.75, 3.05) is 13.7 Å². The Morgan fingerprint density at radius 2 is 1.72 bits per heavy atom. The van der Waals surface area contributed by atoms with Gasteiger partial charge in [0.25, 0.3) is 0 Å². The van der Waals surface area contributed by atoms with Gasteiger partial charge in [-0.3, -0.25) is 28.8 Å². The number of rotatable bonds is 11. The highest BCUT2D eigenvalue weighted by Crippen LogP contribution is 2.24. The number of Topliss-reactive ketones (excluding diaryl/α,β-unsaturated/α-hetero) is 1. The van der Waals surface area contributed by atoms with Crippen molar-refractivity contribution in [2.45, 2.75) is 109 Å². The zero-order valence-corrected chi connectivity index (χ0v) is 27.3. The first-order valence-corrected chi connectivity index (χ1v) is 16.5. The summed E-state index contributed by atoms with van der Waals surface area (Å²) in [7, 11) is 1.42. The molecule has 0 spiro atoms. The third kappa shape index (κ3) is 7.76. The molecule has 1 aromatic heterocycles. The fourth-order valence-corrected chi connectivity index (χ4v) is 6.28. The topological polar surface area (TPSA) is 156 Å². The molecule has 0 bridgehead atoms. The number of nitrogens with zero attached hydrogens (tertiary/aromatic N) is 2. The van der Waals surface area contributed by atoms with Crippen LogP contribution in [0, 0.1) is 5.92 Å². The second-order valence-corrected chi connectivity index (χ2v) is 12.3. The van der Waals surface area contributed by atoms with E-state index >= 15 is 0 Å². The van der Waals surface area contributed by atoms with Crippen LogP contribution < -0.4 is 26.2 Å².